The molecule has 5 atom stereocenters. The summed E-state index contributed by atoms with van der Waals surface area (Å²) in [6.45, 7) is 15.0. The lowest BCUT2D eigenvalue weighted by Gasteiger charge is -2.44. The molecule has 2 aliphatic heterocycles. The minimum absolute atomic E-state index is 0.00112. The number of ether oxygens (including phenoxy) is 4. The maximum atomic E-state index is 15.8. The smallest absolute Gasteiger partial charge is 0.391 e. The van der Waals surface area contributed by atoms with Crippen molar-refractivity contribution in [1.82, 2.24) is 25.1 Å². The van der Waals surface area contributed by atoms with Crippen molar-refractivity contribution in [2.24, 2.45) is 11.3 Å². The summed E-state index contributed by atoms with van der Waals surface area (Å²) in [5.74, 6) is -3.74. The lowest BCUT2D eigenvalue weighted by molar-refractivity contribution is -0.146. The second-order valence-electron chi connectivity index (χ2n) is 22.7. The van der Waals surface area contributed by atoms with E-state index in [1.165, 1.54) is 23.1 Å². The second-order valence-corrected chi connectivity index (χ2v) is 23.6. The Morgan fingerprint density at radius 1 is 0.824 bits per heavy atom. The third kappa shape index (κ3) is 18.2. The molecule has 2 saturated heterocycles. The number of β-amino-alcohol motifs (C(OH)–C–C–N with tert-alkyl or cyclic N) is 1. The molecule has 2 aliphatic rings. The average Bonchev–Trinajstić information content (AvgIpc) is 2.90. The van der Waals surface area contributed by atoms with Crippen molar-refractivity contribution in [3.8, 4) is 21.6 Å². The number of anilines is 2. The number of hydrogen-bond acceptors (Lipinski definition) is 15. The predicted molar refractivity (Wildman–Crippen MR) is 315 cm³/mol. The highest BCUT2D eigenvalue weighted by Gasteiger charge is 2.44. The quantitative estimate of drug-likeness (QED) is 0.0209. The zero-order valence-corrected chi connectivity index (χ0v) is 50.0. The zero-order chi connectivity index (χ0) is 61.6. The Labute approximate surface area is 496 Å². The van der Waals surface area contributed by atoms with Crippen LogP contribution < -0.4 is 21.1 Å². The summed E-state index contributed by atoms with van der Waals surface area (Å²) in [6.07, 6.45) is -4.55. The minimum Gasteiger partial charge on any atom is -0.391 e. The highest BCUT2D eigenvalue weighted by Crippen LogP contribution is 2.38. The molecule has 23 heteroatoms. The third-order valence-electron chi connectivity index (χ3n) is 15.4. The van der Waals surface area contributed by atoms with Gasteiger partial charge >= 0.3 is 6.18 Å². The van der Waals surface area contributed by atoms with Gasteiger partial charge in [0.2, 0.25) is 17.4 Å². The number of aliphatic hydroxyl groups is 1. The number of H-pyrrole nitrogens is 1. The normalized spacial score (nSPS) is 17.9. The number of piperazine rings is 1. The Balaban J connectivity index is 0.767. The van der Waals surface area contributed by atoms with Gasteiger partial charge in [-0.15, -0.1) is 11.3 Å². The molecule has 0 radical (unpaired) electrons. The molecule has 2 fully saturated rings. The fraction of sp³-hybridized carbons (Fsp3) is 0.500. The van der Waals surface area contributed by atoms with Crippen LogP contribution in [-0.2, 0) is 46.1 Å². The molecule has 4 N–H and O–H groups in total. The summed E-state index contributed by atoms with van der Waals surface area (Å²) in [7, 11) is 1.99. The molecule has 18 nitrogen and oxygen atoms in total. The number of aryl methyl sites for hydroxylation is 1. The molecule has 4 heterocycles. The molecule has 0 spiro atoms. The number of pyridine rings is 1. The molecule has 85 heavy (non-hydrogen) atoms. The van der Waals surface area contributed by atoms with Crippen molar-refractivity contribution in [3.05, 3.63) is 123 Å². The number of ketones is 2. The van der Waals surface area contributed by atoms with E-state index in [0.29, 0.717) is 43.0 Å². The number of hydrogen-bond donors (Lipinski definition) is 4. The van der Waals surface area contributed by atoms with Crippen LogP contribution in [0, 0.1) is 24.1 Å². The van der Waals surface area contributed by atoms with Gasteiger partial charge in [-0.3, -0.25) is 33.7 Å². The Bertz CT molecular complexity index is 3160. The number of nitrogens with one attached hydrogen (secondary N) is 3. The van der Waals surface area contributed by atoms with Gasteiger partial charge in [0.25, 0.3) is 5.91 Å². The van der Waals surface area contributed by atoms with E-state index in [2.05, 4.69) is 25.5 Å². The van der Waals surface area contributed by atoms with Crippen molar-refractivity contribution in [3.63, 3.8) is 0 Å². The van der Waals surface area contributed by atoms with E-state index in [0.717, 1.165) is 27.8 Å². The highest BCUT2D eigenvalue weighted by atomic mass is 32.1. The lowest BCUT2D eigenvalue weighted by Crippen LogP contribution is -2.55. The van der Waals surface area contributed by atoms with Crippen molar-refractivity contribution in [2.75, 3.05) is 89.8 Å². The number of carbonyl (C=O) groups is 5. The Morgan fingerprint density at radius 3 is 2.07 bits per heavy atom. The predicted octanol–water partition coefficient (Wildman–Crippen LogP) is 8.73. The molecule has 2 aromatic heterocycles. The van der Waals surface area contributed by atoms with Crippen molar-refractivity contribution < 1.29 is 65.6 Å². The molecule has 0 bridgehead atoms. The summed E-state index contributed by atoms with van der Waals surface area (Å²) < 4.78 is 80.1. The van der Waals surface area contributed by atoms with Gasteiger partial charge < -0.3 is 49.5 Å². The van der Waals surface area contributed by atoms with Crippen LogP contribution in [0.15, 0.2) is 83.2 Å². The number of benzene rings is 3. The number of aromatic nitrogens is 2. The number of nitrogens with zero attached hydrogens (tertiary/aromatic N) is 4. The van der Waals surface area contributed by atoms with E-state index in [1.54, 1.807) is 29.0 Å². The van der Waals surface area contributed by atoms with Gasteiger partial charge in [-0.2, -0.15) is 13.2 Å². The van der Waals surface area contributed by atoms with Gasteiger partial charge in [-0.05, 0) is 74.5 Å². The number of rotatable bonds is 28. The number of halogens is 4. The van der Waals surface area contributed by atoms with Gasteiger partial charge in [0.1, 0.15) is 17.6 Å². The first-order chi connectivity index (χ1) is 40.4. The molecule has 7 rings (SSSR count). The number of carbonyl (C=O) groups excluding carboxylic acids is 5. The first-order valence-electron chi connectivity index (χ1n) is 28.5. The molecule has 0 saturated carbocycles. The van der Waals surface area contributed by atoms with Gasteiger partial charge in [0.15, 0.2) is 5.78 Å². The van der Waals surface area contributed by atoms with Gasteiger partial charge in [-0.25, -0.2) is 9.37 Å². The maximum Gasteiger partial charge on any atom is 0.417 e. The van der Waals surface area contributed by atoms with Gasteiger partial charge in [-0.1, -0.05) is 63.2 Å². The summed E-state index contributed by atoms with van der Waals surface area (Å²) in [5.41, 5.74) is 2.04. The van der Waals surface area contributed by atoms with Crippen molar-refractivity contribution in [2.45, 2.75) is 111 Å². The minimum atomic E-state index is -4.99. The largest absolute Gasteiger partial charge is 0.417 e. The number of likely N-dealkylation sites (N-methyl/N-ethyl adjacent to an activating group) is 1. The second kappa shape index (κ2) is 30.1. The first-order valence-corrected chi connectivity index (χ1v) is 29.4. The highest BCUT2D eigenvalue weighted by molar-refractivity contribution is 7.13. The topological polar surface area (TPSA) is 222 Å². The standard InChI is InChI=1S/C62H77F4N7O11S/c1-38-34-72(35-39(2)71(38)7)53-17-15-43(28-52(53)70-58(78)48-33-67-56(77)31-49(48)62(64,65)66)47-16-14-44(27-51(47)63)55(76)9-8-19-81-21-23-83-25-26-84-24-22-82-20-18-45(74)29-50(61(4,5)6)60(80)73-36-46(75)30-54(73)59(79)68-32-41-10-12-42(13-11-41)57-40(3)69-37-85-57/h10-17,27-28,31,33,37-39,46,50,54,75H,8-9,18-26,29-30,32,34-36H2,1-7H3,(H,67,77)(H,68,79)(H,70,78)/t38-,39+,46-,50-,54+/m1/s1. The Hall–Kier alpha value is -6.73. The number of amides is 3. The van der Waals surface area contributed by atoms with E-state index in [-0.39, 0.29) is 144 Å². The van der Waals surface area contributed by atoms with E-state index >= 15 is 4.39 Å². The molecular weight excluding hydrogens is 1130 g/mol. The van der Waals surface area contributed by atoms with Crippen LogP contribution in [-0.4, -0.2) is 158 Å². The molecule has 5 aromatic rings. The molecule has 460 valence electrons. The van der Waals surface area contributed by atoms with Crippen LogP contribution in [0.25, 0.3) is 21.6 Å². The summed E-state index contributed by atoms with van der Waals surface area (Å²) in [5, 5.41) is 16.1. The molecule has 3 amide bonds. The van der Waals surface area contributed by atoms with Crippen LogP contribution in [0.5, 0.6) is 0 Å². The van der Waals surface area contributed by atoms with Gasteiger partial charge in [0.05, 0.1) is 90.9 Å². The summed E-state index contributed by atoms with van der Waals surface area (Å²) in [6, 6.07) is 16.3. The van der Waals surface area contributed by atoms with Crippen LogP contribution in [0.1, 0.15) is 104 Å². The summed E-state index contributed by atoms with van der Waals surface area (Å²) in [4.78, 5) is 92.2. The van der Waals surface area contributed by atoms with Crippen LogP contribution in [0.2, 0.25) is 0 Å². The monoisotopic (exact) mass is 1200 g/mol. The number of aromatic amines is 1. The number of Topliss-reactive ketones (excluding diaryl/α,β-unsaturated/α-hetero) is 2. The third-order valence-corrected chi connectivity index (χ3v) is 16.4. The molecular formula is C62H77F4N7O11S. The van der Waals surface area contributed by atoms with Crippen molar-refractivity contribution >= 4 is 52.0 Å². The number of alkyl halides is 3. The fourth-order valence-corrected chi connectivity index (χ4v) is 11.2. The average molecular weight is 1200 g/mol. The SMILES string of the molecule is Cc1ncsc1-c1ccc(CNC(=O)[C@@H]2C[C@@H](O)CN2C(=O)[C@@H](CC(=O)CCOCCOCCOCCOCCCC(=O)c2ccc(-c3ccc(N4C[C@@H](C)N(C)[C@@H](C)C4)c(NC(=O)c4c[nH]c(=O)cc4C(F)(F)F)c3)c(F)c2)C(C)(C)C)cc1. The fourth-order valence-electron chi connectivity index (χ4n) is 10.4. The van der Waals surface area contributed by atoms with Crippen LogP contribution in [0.4, 0.5) is 28.9 Å². The van der Waals surface area contributed by atoms with E-state index < -0.39 is 58.1 Å². The Kier molecular flexibility index (Phi) is 23.3. The molecule has 0 aliphatic carbocycles. The molecule has 0 unspecified atom stereocenters. The van der Waals surface area contributed by atoms with Crippen molar-refractivity contribution in [1.29, 1.82) is 0 Å². The van der Waals surface area contributed by atoms with E-state index in [4.69, 9.17) is 18.9 Å². The van der Waals surface area contributed by atoms with Crippen LogP contribution >= 0.6 is 11.3 Å². The summed E-state index contributed by atoms with van der Waals surface area (Å²) >= 11 is 1.56. The number of aliphatic hydroxyl groups excluding tert-OH is 1. The zero-order valence-electron chi connectivity index (χ0n) is 49.2. The van der Waals surface area contributed by atoms with Gasteiger partial charge in [0, 0.05) is 99.9 Å². The number of thiazole rings is 1. The number of likely N-dealkylation sites (tertiary alicyclic amines) is 1. The van der Waals surface area contributed by atoms with E-state index in [1.807, 2.05) is 77.8 Å². The van der Waals surface area contributed by atoms with Crippen LogP contribution in [0.3, 0.4) is 0 Å². The molecule has 3 aromatic carbocycles. The lowest BCUT2D eigenvalue weighted by atomic mass is 9.76. The Morgan fingerprint density at radius 2 is 1.46 bits per heavy atom. The maximum absolute atomic E-state index is 15.8. The van der Waals surface area contributed by atoms with E-state index in [9.17, 15) is 47.0 Å². The first kappa shape index (κ1) is 65.8.